The first-order valence-electron chi connectivity index (χ1n) is 5.14. The van der Waals surface area contributed by atoms with Gasteiger partial charge in [-0.05, 0) is 39.5 Å². The predicted octanol–water partition coefficient (Wildman–Crippen LogP) is 2.36. The van der Waals surface area contributed by atoms with E-state index in [4.69, 9.17) is 11.2 Å². The van der Waals surface area contributed by atoms with E-state index in [0.717, 1.165) is 19.3 Å². The van der Waals surface area contributed by atoms with Crippen molar-refractivity contribution in [2.45, 2.75) is 57.7 Å². The Morgan fingerprint density at radius 2 is 1.93 bits per heavy atom. The van der Waals surface area contributed by atoms with Gasteiger partial charge in [0.1, 0.15) is 5.60 Å². The highest BCUT2D eigenvalue weighted by molar-refractivity contribution is 5.04. The quantitative estimate of drug-likeness (QED) is 0.664. The van der Waals surface area contributed by atoms with Crippen LogP contribution >= 0.6 is 0 Å². The highest BCUT2D eigenvalue weighted by atomic mass is 16.5. The molecule has 0 aliphatic heterocycles. The van der Waals surface area contributed by atoms with Crippen molar-refractivity contribution in [3.63, 3.8) is 0 Å². The minimum Gasteiger partial charge on any atom is -0.379 e. The Labute approximate surface area is 87.7 Å². The molecular formula is C12H22O2. The van der Waals surface area contributed by atoms with E-state index in [2.05, 4.69) is 19.8 Å². The number of methoxy groups -OCH3 is 1. The Hall–Kier alpha value is -0.520. The van der Waals surface area contributed by atoms with Gasteiger partial charge in [0, 0.05) is 7.11 Å². The van der Waals surface area contributed by atoms with Crippen LogP contribution in [0.25, 0.3) is 0 Å². The van der Waals surface area contributed by atoms with E-state index in [1.165, 1.54) is 0 Å². The fourth-order valence-electron chi connectivity index (χ4n) is 1.30. The Morgan fingerprint density at radius 3 is 2.29 bits per heavy atom. The monoisotopic (exact) mass is 198 g/mol. The topological polar surface area (TPSA) is 29.5 Å². The van der Waals surface area contributed by atoms with Gasteiger partial charge < -0.3 is 9.84 Å². The normalized spacial score (nSPS) is 19.4. The molecule has 0 aliphatic rings. The second-order valence-electron chi connectivity index (χ2n) is 4.28. The molecule has 0 fully saturated rings. The zero-order valence-corrected chi connectivity index (χ0v) is 9.76. The smallest absolute Gasteiger partial charge is 0.122 e. The summed E-state index contributed by atoms with van der Waals surface area (Å²) in [5, 5.41) is 9.59. The van der Waals surface area contributed by atoms with Gasteiger partial charge in [0.2, 0.25) is 0 Å². The molecule has 0 amide bonds. The summed E-state index contributed by atoms with van der Waals surface area (Å²) in [6.45, 7) is 5.85. The van der Waals surface area contributed by atoms with Gasteiger partial charge in [0.05, 0.1) is 5.60 Å². The molecular weight excluding hydrogens is 176 g/mol. The van der Waals surface area contributed by atoms with E-state index in [1.807, 2.05) is 0 Å². The molecule has 0 saturated carbocycles. The lowest BCUT2D eigenvalue weighted by molar-refractivity contribution is -0.0102. The Kier molecular flexibility index (Phi) is 5.18. The lowest BCUT2D eigenvalue weighted by atomic mass is 9.92. The Bertz CT molecular complexity index is 197. The fourth-order valence-corrected chi connectivity index (χ4v) is 1.30. The van der Waals surface area contributed by atoms with Crippen LogP contribution in [0.15, 0.2) is 0 Å². The summed E-state index contributed by atoms with van der Waals surface area (Å²) < 4.78 is 5.40. The molecule has 2 nitrogen and oxygen atoms in total. The van der Waals surface area contributed by atoms with Crippen molar-refractivity contribution in [2.75, 3.05) is 7.11 Å². The van der Waals surface area contributed by atoms with Crippen molar-refractivity contribution in [3.05, 3.63) is 0 Å². The lowest BCUT2D eigenvalue weighted by Crippen LogP contribution is -2.28. The van der Waals surface area contributed by atoms with Gasteiger partial charge in [-0.2, -0.15) is 0 Å². The molecule has 0 aliphatic carbocycles. The van der Waals surface area contributed by atoms with Gasteiger partial charge in [-0.15, -0.1) is 6.42 Å². The van der Waals surface area contributed by atoms with Gasteiger partial charge in [-0.3, -0.25) is 0 Å². The van der Waals surface area contributed by atoms with Crippen molar-refractivity contribution in [1.82, 2.24) is 0 Å². The SMILES string of the molecule is C#C[C@](C)(O)CCC[C@](C)(CC)OC. The summed E-state index contributed by atoms with van der Waals surface area (Å²) in [6.07, 6.45) is 8.60. The third-order valence-electron chi connectivity index (χ3n) is 2.92. The van der Waals surface area contributed by atoms with E-state index in [0.29, 0.717) is 6.42 Å². The molecule has 82 valence electrons. The average molecular weight is 198 g/mol. The van der Waals surface area contributed by atoms with Crippen LogP contribution in [0.1, 0.15) is 46.5 Å². The van der Waals surface area contributed by atoms with Crippen molar-refractivity contribution in [1.29, 1.82) is 0 Å². The van der Waals surface area contributed by atoms with Crippen LogP contribution in [0.2, 0.25) is 0 Å². The van der Waals surface area contributed by atoms with Crippen LogP contribution in [0.4, 0.5) is 0 Å². The molecule has 2 heteroatoms. The van der Waals surface area contributed by atoms with Crippen LogP contribution in [0, 0.1) is 12.3 Å². The van der Waals surface area contributed by atoms with Crippen LogP contribution in [-0.2, 0) is 4.74 Å². The van der Waals surface area contributed by atoms with Crippen molar-refractivity contribution >= 4 is 0 Å². The van der Waals surface area contributed by atoms with E-state index < -0.39 is 5.60 Å². The van der Waals surface area contributed by atoms with Crippen LogP contribution in [0.3, 0.4) is 0 Å². The number of terminal acetylenes is 1. The second kappa shape index (κ2) is 5.38. The van der Waals surface area contributed by atoms with Crippen LogP contribution in [-0.4, -0.2) is 23.4 Å². The van der Waals surface area contributed by atoms with Crippen molar-refractivity contribution < 1.29 is 9.84 Å². The number of ether oxygens (including phenoxy) is 1. The van der Waals surface area contributed by atoms with Gasteiger partial charge >= 0.3 is 0 Å². The molecule has 0 aromatic rings. The first-order chi connectivity index (χ1) is 6.39. The van der Waals surface area contributed by atoms with Gasteiger partial charge in [0.15, 0.2) is 0 Å². The van der Waals surface area contributed by atoms with E-state index in [-0.39, 0.29) is 5.60 Å². The number of hydrogen-bond donors (Lipinski definition) is 1. The van der Waals surface area contributed by atoms with Crippen LogP contribution < -0.4 is 0 Å². The highest BCUT2D eigenvalue weighted by Crippen LogP contribution is 2.23. The maximum Gasteiger partial charge on any atom is 0.122 e. The number of aliphatic hydroxyl groups is 1. The molecule has 0 saturated heterocycles. The Balaban J connectivity index is 3.91. The molecule has 0 unspecified atom stereocenters. The molecule has 0 radical (unpaired) electrons. The molecule has 0 spiro atoms. The van der Waals surface area contributed by atoms with Crippen molar-refractivity contribution in [3.8, 4) is 12.3 Å². The van der Waals surface area contributed by atoms with E-state index >= 15 is 0 Å². The molecule has 0 bridgehead atoms. The predicted molar refractivity (Wildman–Crippen MR) is 59.0 cm³/mol. The minimum absolute atomic E-state index is 0.0787. The van der Waals surface area contributed by atoms with Gasteiger partial charge in [-0.25, -0.2) is 0 Å². The zero-order chi connectivity index (χ0) is 11.2. The van der Waals surface area contributed by atoms with Gasteiger partial charge in [-0.1, -0.05) is 12.8 Å². The third-order valence-corrected chi connectivity index (χ3v) is 2.92. The molecule has 14 heavy (non-hydrogen) atoms. The third kappa shape index (κ3) is 4.64. The maximum atomic E-state index is 9.59. The Morgan fingerprint density at radius 1 is 1.36 bits per heavy atom. The summed E-state index contributed by atoms with van der Waals surface area (Å²) in [5.41, 5.74) is -1.05. The first kappa shape index (κ1) is 13.5. The zero-order valence-electron chi connectivity index (χ0n) is 9.76. The lowest BCUT2D eigenvalue weighted by Gasteiger charge is -2.27. The van der Waals surface area contributed by atoms with E-state index in [9.17, 15) is 5.11 Å². The first-order valence-corrected chi connectivity index (χ1v) is 5.14. The number of rotatable bonds is 6. The molecule has 0 heterocycles. The highest BCUT2D eigenvalue weighted by Gasteiger charge is 2.23. The summed E-state index contributed by atoms with van der Waals surface area (Å²) in [7, 11) is 1.73. The summed E-state index contributed by atoms with van der Waals surface area (Å²) in [6, 6.07) is 0. The van der Waals surface area contributed by atoms with Gasteiger partial charge in [0.25, 0.3) is 0 Å². The summed E-state index contributed by atoms with van der Waals surface area (Å²) in [4.78, 5) is 0. The largest absolute Gasteiger partial charge is 0.379 e. The standard InChI is InChI=1S/C12H22O2/c1-6-11(3,13)9-8-10-12(4,7-2)14-5/h1,13H,7-10H2,2-5H3/t11-,12-/m0/s1. The fraction of sp³-hybridized carbons (Fsp3) is 0.833. The van der Waals surface area contributed by atoms with E-state index in [1.54, 1.807) is 14.0 Å². The second-order valence-corrected chi connectivity index (χ2v) is 4.28. The van der Waals surface area contributed by atoms with Crippen molar-refractivity contribution in [2.24, 2.45) is 0 Å². The average Bonchev–Trinajstić information content (AvgIpc) is 2.17. The molecule has 1 N–H and O–H groups in total. The molecule has 2 atom stereocenters. The summed E-state index contributed by atoms with van der Waals surface area (Å²) >= 11 is 0. The summed E-state index contributed by atoms with van der Waals surface area (Å²) in [5.74, 6) is 2.38. The maximum absolute atomic E-state index is 9.59. The number of hydrogen-bond acceptors (Lipinski definition) is 2. The molecule has 0 rings (SSSR count). The van der Waals surface area contributed by atoms with Crippen LogP contribution in [0.5, 0.6) is 0 Å². The molecule has 0 aromatic carbocycles. The molecule has 0 aromatic heterocycles. The minimum atomic E-state index is -0.970.